The summed E-state index contributed by atoms with van der Waals surface area (Å²) in [5, 5.41) is 9.92. The first kappa shape index (κ1) is 10.6. The second kappa shape index (κ2) is 4.28. The molecule has 0 unspecified atom stereocenters. The zero-order valence-electron chi connectivity index (χ0n) is 8.69. The molecule has 2 heterocycles. The number of aromatic nitrogens is 1. The van der Waals surface area contributed by atoms with Crippen LogP contribution in [0.4, 0.5) is 0 Å². The predicted octanol–water partition coefficient (Wildman–Crippen LogP) is 0.583. The number of aliphatic hydroxyl groups is 1. The number of hydrogen-bond donors (Lipinski definition) is 1. The van der Waals surface area contributed by atoms with Crippen molar-refractivity contribution < 1.29 is 9.90 Å². The monoisotopic (exact) mass is 226 g/mol. The standard InChI is InChI=1S/C10H14N2O2S/c1-2-9-11-7-3-4-12(10(14)6-13)5-8(7)15-9/h13H,2-6H2,1H3. The van der Waals surface area contributed by atoms with Crippen molar-refractivity contribution >= 4 is 17.2 Å². The van der Waals surface area contributed by atoms with Crippen LogP contribution in [0.5, 0.6) is 0 Å². The van der Waals surface area contributed by atoms with E-state index in [1.807, 2.05) is 0 Å². The Balaban J connectivity index is 2.15. The highest BCUT2D eigenvalue weighted by Gasteiger charge is 2.22. The molecule has 1 N–H and O–H groups in total. The molecule has 0 atom stereocenters. The van der Waals surface area contributed by atoms with Crippen LogP contribution < -0.4 is 0 Å². The maximum Gasteiger partial charge on any atom is 0.248 e. The van der Waals surface area contributed by atoms with Gasteiger partial charge in [0, 0.05) is 17.8 Å². The average Bonchev–Trinajstić information content (AvgIpc) is 2.69. The maximum atomic E-state index is 11.3. The van der Waals surface area contributed by atoms with Crippen LogP contribution in [0.15, 0.2) is 0 Å². The van der Waals surface area contributed by atoms with E-state index < -0.39 is 6.61 Å². The van der Waals surface area contributed by atoms with Gasteiger partial charge in [-0.2, -0.15) is 0 Å². The number of carbonyl (C=O) groups is 1. The summed E-state index contributed by atoms with van der Waals surface area (Å²) < 4.78 is 0. The van der Waals surface area contributed by atoms with E-state index in [4.69, 9.17) is 5.11 Å². The number of aliphatic hydroxyl groups excluding tert-OH is 1. The molecule has 1 aliphatic heterocycles. The van der Waals surface area contributed by atoms with Gasteiger partial charge in [-0.25, -0.2) is 4.98 Å². The average molecular weight is 226 g/mol. The highest BCUT2D eigenvalue weighted by Crippen LogP contribution is 2.25. The molecule has 0 saturated heterocycles. The number of thiazole rings is 1. The van der Waals surface area contributed by atoms with E-state index in [-0.39, 0.29) is 5.91 Å². The lowest BCUT2D eigenvalue weighted by atomic mass is 10.2. The molecule has 1 amide bonds. The third-order valence-corrected chi connectivity index (χ3v) is 3.79. The predicted molar refractivity (Wildman–Crippen MR) is 57.7 cm³/mol. The summed E-state index contributed by atoms with van der Waals surface area (Å²) in [6, 6.07) is 0. The zero-order chi connectivity index (χ0) is 10.8. The minimum absolute atomic E-state index is 0.188. The van der Waals surface area contributed by atoms with Crippen molar-refractivity contribution in [3.05, 3.63) is 15.6 Å². The number of nitrogens with zero attached hydrogens (tertiary/aromatic N) is 2. The lowest BCUT2D eigenvalue weighted by Crippen LogP contribution is -2.37. The molecule has 1 aromatic rings. The number of hydrogen-bond acceptors (Lipinski definition) is 4. The first-order chi connectivity index (χ1) is 7.24. The lowest BCUT2D eigenvalue weighted by Gasteiger charge is -2.25. The van der Waals surface area contributed by atoms with E-state index in [9.17, 15) is 4.79 Å². The van der Waals surface area contributed by atoms with Gasteiger partial charge in [-0.3, -0.25) is 4.79 Å². The van der Waals surface area contributed by atoms with Crippen molar-refractivity contribution in [2.24, 2.45) is 0 Å². The molecule has 1 aromatic heterocycles. The Morgan fingerprint density at radius 3 is 3.13 bits per heavy atom. The number of aryl methyl sites for hydroxylation is 1. The van der Waals surface area contributed by atoms with Crippen molar-refractivity contribution in [3.8, 4) is 0 Å². The normalized spacial score (nSPS) is 15.2. The van der Waals surface area contributed by atoms with E-state index in [0.29, 0.717) is 13.1 Å². The molecule has 0 aliphatic carbocycles. The van der Waals surface area contributed by atoms with Crippen LogP contribution in [0.1, 0.15) is 22.5 Å². The van der Waals surface area contributed by atoms with Crippen LogP contribution in [0.2, 0.25) is 0 Å². The SMILES string of the molecule is CCc1nc2c(s1)CN(C(=O)CO)CC2. The minimum Gasteiger partial charge on any atom is -0.387 e. The molecule has 0 spiro atoms. The largest absolute Gasteiger partial charge is 0.387 e. The fourth-order valence-corrected chi connectivity index (χ4v) is 2.78. The first-order valence-electron chi connectivity index (χ1n) is 5.10. The van der Waals surface area contributed by atoms with Crippen LogP contribution >= 0.6 is 11.3 Å². The minimum atomic E-state index is -0.394. The topological polar surface area (TPSA) is 53.4 Å². The van der Waals surface area contributed by atoms with E-state index in [0.717, 1.165) is 23.5 Å². The summed E-state index contributed by atoms with van der Waals surface area (Å²) in [7, 11) is 0. The van der Waals surface area contributed by atoms with Crippen LogP contribution in [-0.2, 0) is 24.2 Å². The summed E-state index contributed by atoms with van der Waals surface area (Å²) in [5.41, 5.74) is 1.14. The third kappa shape index (κ3) is 2.03. The molecule has 5 heteroatoms. The molecule has 2 rings (SSSR count). The smallest absolute Gasteiger partial charge is 0.248 e. The van der Waals surface area contributed by atoms with Gasteiger partial charge in [-0.15, -0.1) is 11.3 Å². The van der Waals surface area contributed by atoms with Crippen LogP contribution in [-0.4, -0.2) is 34.0 Å². The molecule has 4 nitrogen and oxygen atoms in total. The Morgan fingerprint density at radius 1 is 1.67 bits per heavy atom. The summed E-state index contributed by atoms with van der Waals surface area (Å²) >= 11 is 1.68. The summed E-state index contributed by atoms with van der Waals surface area (Å²) in [6.07, 6.45) is 1.77. The quantitative estimate of drug-likeness (QED) is 0.802. The van der Waals surface area contributed by atoms with Gasteiger partial charge in [0.25, 0.3) is 0 Å². The summed E-state index contributed by atoms with van der Waals surface area (Å²) in [5.74, 6) is -0.188. The molecule has 82 valence electrons. The second-order valence-electron chi connectivity index (χ2n) is 3.55. The second-order valence-corrected chi connectivity index (χ2v) is 4.72. The van der Waals surface area contributed by atoms with Gasteiger partial charge in [0.1, 0.15) is 6.61 Å². The molecule has 15 heavy (non-hydrogen) atoms. The summed E-state index contributed by atoms with van der Waals surface area (Å²) in [6.45, 7) is 2.99. The van der Waals surface area contributed by atoms with Crippen molar-refractivity contribution in [3.63, 3.8) is 0 Å². The molecule has 1 aliphatic rings. The van der Waals surface area contributed by atoms with Gasteiger partial charge in [0.2, 0.25) is 5.91 Å². The van der Waals surface area contributed by atoms with E-state index in [2.05, 4.69) is 11.9 Å². The fraction of sp³-hybridized carbons (Fsp3) is 0.600. The Kier molecular flexibility index (Phi) is 3.02. The molecule has 0 aromatic carbocycles. The van der Waals surface area contributed by atoms with Crippen molar-refractivity contribution in [2.45, 2.75) is 26.3 Å². The molecular weight excluding hydrogens is 212 g/mol. The molecule has 0 bridgehead atoms. The Labute approximate surface area is 92.6 Å². The van der Waals surface area contributed by atoms with Gasteiger partial charge in [-0.05, 0) is 6.42 Å². The van der Waals surface area contributed by atoms with Crippen LogP contribution in [0.25, 0.3) is 0 Å². The van der Waals surface area contributed by atoms with Crippen LogP contribution in [0.3, 0.4) is 0 Å². The van der Waals surface area contributed by atoms with Gasteiger partial charge in [-0.1, -0.05) is 6.92 Å². The molecular formula is C10H14N2O2S. The zero-order valence-corrected chi connectivity index (χ0v) is 9.51. The highest BCUT2D eigenvalue weighted by atomic mass is 32.1. The Hall–Kier alpha value is -0.940. The van der Waals surface area contributed by atoms with Crippen LogP contribution in [0, 0.1) is 0 Å². The Bertz CT molecular complexity index is 375. The highest BCUT2D eigenvalue weighted by molar-refractivity contribution is 7.11. The van der Waals surface area contributed by atoms with Crippen molar-refractivity contribution in [1.29, 1.82) is 0 Å². The van der Waals surface area contributed by atoms with Gasteiger partial charge in [0.05, 0.1) is 17.2 Å². The van der Waals surface area contributed by atoms with E-state index >= 15 is 0 Å². The Morgan fingerprint density at radius 2 is 2.47 bits per heavy atom. The van der Waals surface area contributed by atoms with Gasteiger partial charge >= 0.3 is 0 Å². The molecule has 0 fully saturated rings. The van der Waals surface area contributed by atoms with Gasteiger partial charge < -0.3 is 10.0 Å². The molecule has 0 radical (unpaired) electrons. The van der Waals surface area contributed by atoms with Gasteiger partial charge in [0.15, 0.2) is 0 Å². The number of carbonyl (C=O) groups excluding carboxylic acids is 1. The summed E-state index contributed by atoms with van der Waals surface area (Å²) in [4.78, 5) is 18.7. The first-order valence-corrected chi connectivity index (χ1v) is 5.92. The van der Waals surface area contributed by atoms with E-state index in [1.165, 1.54) is 4.88 Å². The molecule has 0 saturated carbocycles. The number of rotatable bonds is 2. The third-order valence-electron chi connectivity index (χ3n) is 2.57. The maximum absolute atomic E-state index is 11.3. The van der Waals surface area contributed by atoms with Crippen molar-refractivity contribution in [2.75, 3.05) is 13.2 Å². The number of fused-ring (bicyclic) bond motifs is 1. The van der Waals surface area contributed by atoms with E-state index in [1.54, 1.807) is 16.2 Å². The number of amides is 1. The fourth-order valence-electron chi connectivity index (χ4n) is 1.71. The lowest BCUT2D eigenvalue weighted by molar-refractivity contribution is -0.135. The van der Waals surface area contributed by atoms with Crippen molar-refractivity contribution in [1.82, 2.24) is 9.88 Å².